The van der Waals surface area contributed by atoms with Gasteiger partial charge in [-0.3, -0.25) is 10.1 Å². The Hall–Kier alpha value is -2.78. The van der Waals surface area contributed by atoms with Gasteiger partial charge in [0.05, 0.1) is 10.5 Å². The van der Waals surface area contributed by atoms with Gasteiger partial charge in [0.2, 0.25) is 0 Å². The van der Waals surface area contributed by atoms with Gasteiger partial charge in [0.25, 0.3) is 5.69 Å². The lowest BCUT2D eigenvalue weighted by Gasteiger charge is -2.08. The van der Waals surface area contributed by atoms with Crippen molar-refractivity contribution in [2.45, 2.75) is 0 Å². The summed E-state index contributed by atoms with van der Waals surface area (Å²) in [5, 5.41) is 20.1. The number of nitrogens with two attached hydrogens (primary N) is 1. The van der Waals surface area contributed by atoms with E-state index in [0.29, 0.717) is 16.5 Å². The van der Waals surface area contributed by atoms with E-state index in [1.165, 1.54) is 24.3 Å². The SMILES string of the molecule is N#Cc1cc(Cl)ccc1Oc1ccc([N+](=O)[O-])c(N)c1. The number of rotatable bonds is 3. The van der Waals surface area contributed by atoms with Gasteiger partial charge in [-0.1, -0.05) is 11.6 Å². The molecule has 0 saturated carbocycles. The Morgan fingerprint density at radius 1 is 1.30 bits per heavy atom. The zero-order chi connectivity index (χ0) is 14.7. The molecule has 100 valence electrons. The Labute approximate surface area is 119 Å². The Morgan fingerprint density at radius 2 is 2.05 bits per heavy atom. The van der Waals surface area contributed by atoms with Crippen LogP contribution in [0.1, 0.15) is 5.56 Å². The Morgan fingerprint density at radius 3 is 2.65 bits per heavy atom. The van der Waals surface area contributed by atoms with Gasteiger partial charge in [0.1, 0.15) is 23.3 Å². The first-order valence-electron chi connectivity index (χ1n) is 5.42. The summed E-state index contributed by atoms with van der Waals surface area (Å²) in [5.41, 5.74) is 5.61. The predicted molar refractivity (Wildman–Crippen MR) is 73.7 cm³/mol. The van der Waals surface area contributed by atoms with Crippen molar-refractivity contribution in [3.8, 4) is 17.6 Å². The number of hydrogen-bond donors (Lipinski definition) is 1. The minimum Gasteiger partial charge on any atom is -0.456 e. The average molecular weight is 290 g/mol. The lowest BCUT2D eigenvalue weighted by atomic mass is 10.2. The number of nitrogens with zero attached hydrogens (tertiary/aromatic N) is 2. The third kappa shape index (κ3) is 2.79. The highest BCUT2D eigenvalue weighted by molar-refractivity contribution is 6.30. The van der Waals surface area contributed by atoms with Gasteiger partial charge < -0.3 is 10.5 Å². The number of nitriles is 1. The topological polar surface area (TPSA) is 102 Å². The maximum Gasteiger partial charge on any atom is 0.292 e. The van der Waals surface area contributed by atoms with Gasteiger partial charge in [-0.15, -0.1) is 0 Å². The summed E-state index contributed by atoms with van der Waals surface area (Å²) in [4.78, 5) is 10.1. The van der Waals surface area contributed by atoms with E-state index >= 15 is 0 Å². The summed E-state index contributed by atoms with van der Waals surface area (Å²) in [5.74, 6) is 0.595. The molecule has 0 spiro atoms. The number of halogens is 1. The molecule has 0 aliphatic heterocycles. The molecule has 20 heavy (non-hydrogen) atoms. The number of anilines is 1. The number of nitrogen functional groups attached to an aromatic ring is 1. The highest BCUT2D eigenvalue weighted by Crippen LogP contribution is 2.31. The van der Waals surface area contributed by atoms with Gasteiger partial charge in [0.15, 0.2) is 0 Å². The number of nitro benzene ring substituents is 1. The molecule has 0 bridgehead atoms. The zero-order valence-electron chi connectivity index (χ0n) is 10.0. The molecule has 2 aromatic carbocycles. The molecule has 0 aromatic heterocycles. The monoisotopic (exact) mass is 289 g/mol. The average Bonchev–Trinajstić information content (AvgIpc) is 2.40. The van der Waals surface area contributed by atoms with Crippen LogP contribution in [0, 0.1) is 21.4 Å². The van der Waals surface area contributed by atoms with Crippen molar-refractivity contribution in [3.63, 3.8) is 0 Å². The smallest absolute Gasteiger partial charge is 0.292 e. The van der Waals surface area contributed by atoms with E-state index in [-0.39, 0.29) is 16.9 Å². The summed E-state index contributed by atoms with van der Waals surface area (Å²) < 4.78 is 5.49. The highest BCUT2D eigenvalue weighted by atomic mass is 35.5. The Bertz CT molecular complexity index is 725. The molecule has 0 unspecified atom stereocenters. The van der Waals surface area contributed by atoms with Gasteiger partial charge in [-0.2, -0.15) is 5.26 Å². The lowest BCUT2D eigenvalue weighted by molar-refractivity contribution is -0.383. The molecule has 0 atom stereocenters. The molecular weight excluding hydrogens is 282 g/mol. The maximum atomic E-state index is 10.7. The lowest BCUT2D eigenvalue weighted by Crippen LogP contribution is -1.96. The number of ether oxygens (including phenoxy) is 1. The van der Waals surface area contributed by atoms with Crippen molar-refractivity contribution in [2.75, 3.05) is 5.73 Å². The van der Waals surface area contributed by atoms with E-state index < -0.39 is 4.92 Å². The predicted octanol–water partition coefficient (Wildman–Crippen LogP) is 3.49. The minimum atomic E-state index is -0.581. The van der Waals surface area contributed by atoms with Crippen LogP contribution in [0.5, 0.6) is 11.5 Å². The van der Waals surface area contributed by atoms with E-state index in [2.05, 4.69) is 0 Å². The van der Waals surface area contributed by atoms with Crippen LogP contribution in [-0.2, 0) is 0 Å². The first-order chi connectivity index (χ1) is 9.51. The van der Waals surface area contributed by atoms with Crippen LogP contribution in [0.3, 0.4) is 0 Å². The molecule has 7 heteroatoms. The second kappa shape index (κ2) is 5.47. The van der Waals surface area contributed by atoms with E-state index in [1.54, 1.807) is 12.1 Å². The molecule has 0 saturated heterocycles. The van der Waals surface area contributed by atoms with Crippen LogP contribution in [-0.4, -0.2) is 4.92 Å². The van der Waals surface area contributed by atoms with Crippen molar-refractivity contribution in [2.24, 2.45) is 0 Å². The quantitative estimate of drug-likeness (QED) is 0.529. The van der Waals surface area contributed by atoms with E-state index in [4.69, 9.17) is 27.3 Å². The largest absolute Gasteiger partial charge is 0.456 e. The first-order valence-corrected chi connectivity index (χ1v) is 5.80. The Balaban J connectivity index is 2.34. The molecule has 6 nitrogen and oxygen atoms in total. The maximum absolute atomic E-state index is 10.7. The van der Waals surface area contributed by atoms with E-state index in [1.807, 2.05) is 6.07 Å². The molecule has 0 radical (unpaired) electrons. The number of benzene rings is 2. The summed E-state index contributed by atoms with van der Waals surface area (Å²) in [6.07, 6.45) is 0. The molecule has 0 aliphatic carbocycles. The molecule has 2 aromatic rings. The Kier molecular flexibility index (Phi) is 3.73. The van der Waals surface area contributed by atoms with Crippen LogP contribution in [0.2, 0.25) is 5.02 Å². The molecule has 2 rings (SSSR count). The molecule has 0 heterocycles. The second-order valence-corrected chi connectivity index (χ2v) is 4.27. The fraction of sp³-hybridized carbons (Fsp3) is 0. The fourth-order valence-electron chi connectivity index (χ4n) is 1.57. The van der Waals surface area contributed by atoms with Crippen LogP contribution in [0.15, 0.2) is 36.4 Å². The normalized spacial score (nSPS) is 9.80. The molecule has 0 fully saturated rings. The van der Waals surface area contributed by atoms with Crippen molar-refractivity contribution >= 4 is 23.0 Å². The van der Waals surface area contributed by atoms with Gasteiger partial charge in [-0.05, 0) is 24.3 Å². The van der Waals surface area contributed by atoms with Crippen LogP contribution in [0.4, 0.5) is 11.4 Å². The molecular formula is C13H8ClN3O3. The third-order valence-electron chi connectivity index (χ3n) is 2.49. The van der Waals surface area contributed by atoms with Crippen molar-refractivity contribution in [1.82, 2.24) is 0 Å². The number of hydrogen-bond acceptors (Lipinski definition) is 5. The highest BCUT2D eigenvalue weighted by Gasteiger charge is 2.13. The van der Waals surface area contributed by atoms with Crippen molar-refractivity contribution in [1.29, 1.82) is 5.26 Å². The zero-order valence-corrected chi connectivity index (χ0v) is 10.8. The van der Waals surface area contributed by atoms with Crippen LogP contribution in [0.25, 0.3) is 0 Å². The van der Waals surface area contributed by atoms with E-state index in [0.717, 1.165) is 0 Å². The fourth-order valence-corrected chi connectivity index (χ4v) is 1.74. The molecule has 2 N–H and O–H groups in total. The molecule has 0 aliphatic rings. The first kappa shape index (κ1) is 13.6. The summed E-state index contributed by atoms with van der Waals surface area (Å²) >= 11 is 5.78. The third-order valence-corrected chi connectivity index (χ3v) is 2.72. The van der Waals surface area contributed by atoms with Gasteiger partial charge in [0, 0.05) is 17.2 Å². The second-order valence-electron chi connectivity index (χ2n) is 3.83. The van der Waals surface area contributed by atoms with Gasteiger partial charge in [-0.25, -0.2) is 0 Å². The molecule has 0 amide bonds. The number of nitro groups is 1. The summed E-state index contributed by atoms with van der Waals surface area (Å²) in [6, 6.07) is 10.5. The summed E-state index contributed by atoms with van der Waals surface area (Å²) in [6.45, 7) is 0. The van der Waals surface area contributed by atoms with Crippen LogP contribution < -0.4 is 10.5 Å². The van der Waals surface area contributed by atoms with Gasteiger partial charge >= 0.3 is 0 Å². The van der Waals surface area contributed by atoms with Crippen molar-refractivity contribution in [3.05, 3.63) is 57.1 Å². The summed E-state index contributed by atoms with van der Waals surface area (Å²) in [7, 11) is 0. The van der Waals surface area contributed by atoms with E-state index in [9.17, 15) is 10.1 Å². The van der Waals surface area contributed by atoms with Crippen molar-refractivity contribution < 1.29 is 9.66 Å². The minimum absolute atomic E-state index is 0.0139. The van der Waals surface area contributed by atoms with Crippen LogP contribution >= 0.6 is 11.6 Å². The standard InChI is InChI=1S/C13H8ClN3O3/c14-9-1-4-13(8(5-9)7-15)20-10-2-3-12(17(18)19)11(16)6-10/h1-6H,16H2.